The summed E-state index contributed by atoms with van der Waals surface area (Å²) in [6.07, 6.45) is 2.47. The third-order valence-electron chi connectivity index (χ3n) is 20.6. The smallest absolute Gasteiger partial charge is 0.293 e. The number of imide groups is 1. The van der Waals surface area contributed by atoms with Crippen molar-refractivity contribution in [3.63, 3.8) is 0 Å². The summed E-state index contributed by atoms with van der Waals surface area (Å²) in [5.41, 5.74) is 18.1. The lowest BCUT2D eigenvalue weighted by Gasteiger charge is -2.26. The van der Waals surface area contributed by atoms with Crippen molar-refractivity contribution in [2.75, 3.05) is 71.8 Å². The SMILES string of the molecule is CNC(=O)CCCCCN1C(=O)CC(SCC(N)C(=O)NCCCCCC(=O)NC(CCC(=O)NCCCCC2NC(=O)[C@@H](CCCNC(=N)N)CC(=O)CNC(=O)[C@@H](COC=O)NC(=O)C(Cc3ccc(O)cc3)NC2=O)C(=O)NCCCCC2NC(=O)[C@@H](CCCCC(=N)N)NC(=O)CNC(=O)[C@@H](COC=O)NC(=O)[C@H](Cc3ccc(O)cc3)NC2=O)C1=O. The lowest BCUT2D eigenvalue weighted by Crippen LogP contribution is -2.58. The molecule has 0 aromatic heterocycles. The molecule has 0 radical (unpaired) electrons. The Morgan fingerprint density at radius 3 is 1.50 bits per heavy atom. The van der Waals surface area contributed by atoms with E-state index < -0.39 is 181 Å². The van der Waals surface area contributed by atoms with Gasteiger partial charge in [0.2, 0.25) is 94.5 Å². The van der Waals surface area contributed by atoms with E-state index in [1.807, 2.05) is 0 Å². The number of likely N-dealkylation sites (tertiary alicyclic amines) is 1. The molecule has 6 unspecified atom stereocenters. The first-order valence-corrected chi connectivity index (χ1v) is 43.1. The first-order valence-electron chi connectivity index (χ1n) is 42.1. The number of unbranched alkanes of at least 4 members (excludes halogenated alkanes) is 7. The second kappa shape index (κ2) is 57.0. The number of hydrogen-bond acceptors (Lipinski definition) is 27. The maximum absolute atomic E-state index is 14.6. The van der Waals surface area contributed by atoms with E-state index in [-0.39, 0.29) is 208 Å². The number of nitrogens with one attached hydrogen (secondary N) is 17. The van der Waals surface area contributed by atoms with Crippen LogP contribution in [0.3, 0.4) is 0 Å². The summed E-state index contributed by atoms with van der Waals surface area (Å²) in [6, 6.07) is -1.51. The predicted octanol–water partition coefficient (Wildman–Crippen LogP) is -4.77. The summed E-state index contributed by atoms with van der Waals surface area (Å²) in [5, 5.41) is 73.5. The van der Waals surface area contributed by atoms with Crippen LogP contribution in [0.2, 0.25) is 0 Å². The van der Waals surface area contributed by atoms with E-state index >= 15 is 0 Å². The monoisotopic (exact) mass is 1790 g/mol. The molecule has 2 aromatic rings. The number of benzene rings is 2. The highest BCUT2D eigenvalue weighted by atomic mass is 32.2. The molecule has 11 atom stereocenters. The third kappa shape index (κ3) is 39.9. The number of carbonyl (C=O) groups is 19. The van der Waals surface area contributed by atoms with Gasteiger partial charge in [-0.25, -0.2) is 0 Å². The Labute approximate surface area is 732 Å². The molecular weight excluding hydrogens is 1670 g/mol. The number of nitrogens with zero attached hydrogens (tertiary/aromatic N) is 1. The zero-order valence-electron chi connectivity index (χ0n) is 70.6. The number of amides is 16. The number of Topliss-reactive ketones (excluding diaryl/α,β-unsaturated/α-hetero) is 1. The number of ether oxygens (including phenoxy) is 2. The number of carbonyl (C=O) groups excluding carboxylic acids is 19. The van der Waals surface area contributed by atoms with Gasteiger partial charge in [0.25, 0.3) is 12.9 Å². The lowest BCUT2D eigenvalue weighted by atomic mass is 9.94. The highest BCUT2D eigenvalue weighted by molar-refractivity contribution is 8.00. The summed E-state index contributed by atoms with van der Waals surface area (Å²) in [4.78, 5) is 256. The molecule has 2 aromatic carbocycles. The van der Waals surface area contributed by atoms with Crippen molar-refractivity contribution >= 4 is 137 Å². The summed E-state index contributed by atoms with van der Waals surface area (Å²) >= 11 is 1.10. The minimum atomic E-state index is -1.60. The number of guanidine groups is 1. The average Bonchev–Trinajstić information content (AvgIpc) is 1.65. The van der Waals surface area contributed by atoms with Gasteiger partial charge >= 0.3 is 0 Å². The number of rotatable bonds is 50. The second-order valence-corrected chi connectivity index (χ2v) is 31.8. The second-order valence-electron chi connectivity index (χ2n) is 30.6. The number of hydrogen-bond donors (Lipinski definition) is 22. The molecule has 3 saturated heterocycles. The summed E-state index contributed by atoms with van der Waals surface area (Å²) < 4.78 is 9.64. The topological polar surface area (TPSA) is 693 Å². The van der Waals surface area contributed by atoms with Crippen molar-refractivity contribution in [3.05, 3.63) is 59.7 Å². The highest BCUT2D eigenvalue weighted by Gasteiger charge is 2.40. The van der Waals surface area contributed by atoms with Gasteiger partial charge in [-0.05, 0) is 132 Å². The van der Waals surface area contributed by atoms with Gasteiger partial charge in [0.05, 0.1) is 30.2 Å². The molecule has 126 heavy (non-hydrogen) atoms. The van der Waals surface area contributed by atoms with E-state index in [9.17, 15) is 101 Å². The van der Waals surface area contributed by atoms with Crippen molar-refractivity contribution in [1.82, 2.24) is 84.7 Å². The van der Waals surface area contributed by atoms with Gasteiger partial charge in [-0.1, -0.05) is 43.5 Å². The van der Waals surface area contributed by atoms with Crippen LogP contribution in [0.1, 0.15) is 165 Å². The Kier molecular flexibility index (Phi) is 47.1. The molecular formula is C81H121N21O23S. The normalized spacial score (nSPS) is 20.5. The molecule has 0 saturated carbocycles. The number of amidine groups is 1. The minimum absolute atomic E-state index is 0.0254. The van der Waals surface area contributed by atoms with Crippen LogP contribution in [0.15, 0.2) is 48.5 Å². The zero-order valence-corrected chi connectivity index (χ0v) is 71.5. The molecule has 0 spiro atoms. The van der Waals surface area contributed by atoms with E-state index in [2.05, 4.69) is 79.8 Å². The van der Waals surface area contributed by atoms with Gasteiger partial charge < -0.3 is 117 Å². The van der Waals surface area contributed by atoms with Crippen LogP contribution in [0.4, 0.5) is 0 Å². The van der Waals surface area contributed by atoms with Crippen LogP contribution < -0.4 is 97.0 Å². The fourth-order valence-corrected chi connectivity index (χ4v) is 14.6. The standard InChI is InChI=1S/C81H121N21O23S/c1-87-65(108)20-5-3-13-36-102-69(112)40-63(80(102)123)126-45-54(82)71(114)89-33-10-2-4-21-67(110)94-58(72(115)90-34-12-9-18-57-77(120)99-60(38-49-24-28-52(106)29-25-49)79(122)101-62(44-125-47-104)74(117)93-42-68(111)95-55(75(118)97-57)16-6-7-19-64(83)84)30-31-66(109)88-32-11-8-17-56-76(119)98-59(37-48-22-26-51(105)27-23-48)78(121)100-61(43-124-46-103)73(116)92-41-53(107)39-50(70(113)96-56)15-14-35-91-81(85)86/h22-29,46-47,50,54-63,105-106H,2-21,30-45,82H2,1H3,(H3,83,84)(H,87,108)(H,88,109)(H,89,114)(H,90,115)(H,92,116)(H,93,117)(H,94,110)(H,95,111)(H,96,113)(H,97,118)(H,98,119)(H,99,120)(H,100,121)(H,101,122)(H4,85,86,91)/t50-,54?,55+,56?,57?,58?,59?,60-,61+,62+,63?/m0/s1. The summed E-state index contributed by atoms with van der Waals surface area (Å²) in [6.45, 7) is -2.33. The number of ketones is 1. The van der Waals surface area contributed by atoms with E-state index in [0.717, 1.165) is 11.8 Å². The van der Waals surface area contributed by atoms with Crippen molar-refractivity contribution in [2.45, 2.75) is 227 Å². The molecule has 3 aliphatic rings. The quantitative estimate of drug-likeness (QED) is 0.00972. The third-order valence-corrected chi connectivity index (χ3v) is 21.9. The summed E-state index contributed by atoms with van der Waals surface area (Å²) in [5.74, 6) is -13.7. The molecule has 44 nitrogen and oxygen atoms in total. The fraction of sp³-hybridized carbons (Fsp3) is 0.593. The fourth-order valence-electron chi connectivity index (χ4n) is 13.5. The largest absolute Gasteiger partial charge is 0.508 e. The maximum atomic E-state index is 14.6. The highest BCUT2D eigenvalue weighted by Crippen LogP contribution is 2.27. The minimum Gasteiger partial charge on any atom is -0.508 e. The number of phenolic OH excluding ortho intramolecular Hbond substituents is 2. The number of nitrogens with two attached hydrogens (primary N) is 3. The van der Waals surface area contributed by atoms with Crippen LogP contribution in [-0.2, 0) is 113 Å². The van der Waals surface area contributed by atoms with Crippen LogP contribution in [0.5, 0.6) is 11.5 Å². The van der Waals surface area contributed by atoms with Crippen LogP contribution in [-0.4, -0.2) is 272 Å². The zero-order chi connectivity index (χ0) is 92.5. The van der Waals surface area contributed by atoms with Gasteiger partial charge in [-0.3, -0.25) is 107 Å². The van der Waals surface area contributed by atoms with Crippen molar-refractivity contribution in [2.24, 2.45) is 23.1 Å². The van der Waals surface area contributed by atoms with E-state index in [1.165, 1.54) is 60.5 Å². The Morgan fingerprint density at radius 2 is 0.960 bits per heavy atom. The number of aromatic hydroxyl groups is 2. The van der Waals surface area contributed by atoms with Gasteiger partial charge in [0.1, 0.15) is 73.0 Å². The maximum Gasteiger partial charge on any atom is 0.293 e. The average molecular weight is 1790 g/mol. The Hall–Kier alpha value is -12.6. The van der Waals surface area contributed by atoms with Gasteiger partial charge in [-0.2, -0.15) is 0 Å². The van der Waals surface area contributed by atoms with Crippen molar-refractivity contribution in [3.8, 4) is 11.5 Å². The molecule has 0 aliphatic carbocycles. The Morgan fingerprint density at radius 1 is 0.500 bits per heavy atom. The molecule has 0 bridgehead atoms. The first-order chi connectivity index (χ1) is 60.3. The molecule has 16 amide bonds. The van der Waals surface area contributed by atoms with Crippen molar-refractivity contribution < 1.29 is 111 Å². The predicted molar refractivity (Wildman–Crippen MR) is 454 cm³/mol. The Bertz CT molecular complexity index is 4070. The van der Waals surface area contributed by atoms with E-state index in [4.69, 9.17) is 37.5 Å². The molecule has 25 N–H and O–H groups in total. The molecule has 694 valence electrons. The lowest BCUT2D eigenvalue weighted by molar-refractivity contribution is -0.139. The molecule has 3 aliphatic heterocycles. The Balaban J connectivity index is 1.31. The molecule has 5 rings (SSSR count). The van der Waals surface area contributed by atoms with Crippen LogP contribution >= 0.6 is 11.8 Å². The van der Waals surface area contributed by atoms with Crippen LogP contribution in [0, 0.1) is 16.7 Å². The van der Waals surface area contributed by atoms with Crippen LogP contribution in [0.25, 0.3) is 0 Å². The van der Waals surface area contributed by atoms with Gasteiger partial charge in [0.15, 0.2) is 11.7 Å². The molecule has 45 heteroatoms. The first kappa shape index (κ1) is 104. The van der Waals surface area contributed by atoms with Gasteiger partial charge in [0, 0.05) is 103 Å². The number of thioether (sulfide) groups is 1. The van der Waals surface area contributed by atoms with E-state index in [0.29, 0.717) is 56.1 Å². The molecule has 3 fully saturated rings. The number of phenols is 2. The molecule has 3 heterocycles. The summed E-state index contributed by atoms with van der Waals surface area (Å²) in [7, 11) is 1.54. The van der Waals surface area contributed by atoms with Gasteiger partial charge in [-0.15, -0.1) is 11.8 Å². The van der Waals surface area contributed by atoms with Crippen molar-refractivity contribution in [1.29, 1.82) is 10.8 Å². The van der Waals surface area contributed by atoms with E-state index in [1.54, 1.807) is 0 Å².